The van der Waals surface area contributed by atoms with Crippen LogP contribution >= 0.6 is 0 Å². The molecule has 64 valence electrons. The fraction of sp³-hybridized carbons (Fsp3) is 1.00. The van der Waals surface area contributed by atoms with E-state index in [9.17, 15) is 4.91 Å². The van der Waals surface area contributed by atoms with Crippen LogP contribution in [0.5, 0.6) is 0 Å². The van der Waals surface area contributed by atoms with Crippen molar-refractivity contribution >= 4 is 6.85 Å². The molecular formula is C6H15BN2O2. The Bertz CT molecular complexity index is 109. The Kier molecular flexibility index (Phi) is 5.83. The summed E-state index contributed by atoms with van der Waals surface area (Å²) < 4.78 is 0. The second-order valence-electron chi connectivity index (χ2n) is 2.27. The summed E-state index contributed by atoms with van der Waals surface area (Å²) >= 11 is 0. The summed E-state index contributed by atoms with van der Waals surface area (Å²) in [6.07, 6.45) is 1.75. The molecule has 0 saturated carbocycles. The molecule has 0 aromatic heterocycles. The lowest BCUT2D eigenvalue weighted by atomic mass is 9.58. The molecule has 0 unspecified atom stereocenters. The minimum atomic E-state index is 0.118. The standard InChI is InChI=1S/C6H15BN2O2/c1-4-7(5-2)9(8-10)11-6-3/h4-6H2,1-3H3. The van der Waals surface area contributed by atoms with Crippen LogP contribution in [0.15, 0.2) is 5.29 Å². The van der Waals surface area contributed by atoms with Gasteiger partial charge in [-0.25, -0.2) is 0 Å². The zero-order valence-corrected chi connectivity index (χ0v) is 7.41. The van der Waals surface area contributed by atoms with E-state index >= 15 is 0 Å². The van der Waals surface area contributed by atoms with Crippen molar-refractivity contribution in [3.8, 4) is 0 Å². The van der Waals surface area contributed by atoms with Gasteiger partial charge in [0, 0.05) is 0 Å². The van der Waals surface area contributed by atoms with Crippen LogP contribution in [0.25, 0.3) is 0 Å². The Balaban J connectivity index is 3.86. The number of nitrogens with zero attached hydrogens (tertiary/aromatic N) is 2. The quantitative estimate of drug-likeness (QED) is 0.337. The molecule has 0 fully saturated rings. The van der Waals surface area contributed by atoms with E-state index in [4.69, 9.17) is 4.84 Å². The van der Waals surface area contributed by atoms with Gasteiger partial charge in [0.25, 0.3) is 0 Å². The summed E-state index contributed by atoms with van der Waals surface area (Å²) in [7, 11) is 0. The minimum absolute atomic E-state index is 0.118. The maximum absolute atomic E-state index is 10.2. The number of nitroso groups, excluding NO2 is 1. The van der Waals surface area contributed by atoms with Crippen molar-refractivity contribution < 1.29 is 4.84 Å². The average Bonchev–Trinajstić information content (AvgIpc) is 2.05. The highest BCUT2D eigenvalue weighted by molar-refractivity contribution is 6.54. The van der Waals surface area contributed by atoms with Crippen LogP contribution in [0.4, 0.5) is 0 Å². The van der Waals surface area contributed by atoms with Crippen LogP contribution in [0.1, 0.15) is 20.8 Å². The largest absolute Gasteiger partial charge is 0.320 e. The van der Waals surface area contributed by atoms with Crippen molar-refractivity contribution in [1.82, 2.24) is 5.08 Å². The number of hydrogen-bond donors (Lipinski definition) is 0. The number of hydrogen-bond acceptors (Lipinski definition) is 3. The van der Waals surface area contributed by atoms with Gasteiger partial charge >= 0.3 is 6.85 Å². The van der Waals surface area contributed by atoms with Crippen LogP contribution in [0, 0.1) is 4.91 Å². The van der Waals surface area contributed by atoms with E-state index in [-0.39, 0.29) is 6.85 Å². The molecule has 11 heavy (non-hydrogen) atoms. The van der Waals surface area contributed by atoms with Crippen LogP contribution in [0.2, 0.25) is 12.6 Å². The SMILES string of the molecule is CCON(N=O)B(CC)CC. The molecule has 0 saturated heterocycles. The van der Waals surface area contributed by atoms with E-state index in [2.05, 4.69) is 5.29 Å². The lowest BCUT2D eigenvalue weighted by molar-refractivity contribution is -0.0874. The topological polar surface area (TPSA) is 41.9 Å². The second-order valence-corrected chi connectivity index (χ2v) is 2.27. The third kappa shape index (κ3) is 3.37. The van der Waals surface area contributed by atoms with Gasteiger partial charge in [0.15, 0.2) is 0 Å². The molecule has 5 heteroatoms. The van der Waals surface area contributed by atoms with E-state index in [1.54, 1.807) is 0 Å². The summed E-state index contributed by atoms with van der Waals surface area (Å²) in [5.41, 5.74) is 0. The maximum atomic E-state index is 10.2. The zero-order valence-electron chi connectivity index (χ0n) is 7.41. The summed E-state index contributed by atoms with van der Waals surface area (Å²) in [4.78, 5) is 15.2. The molecule has 4 nitrogen and oxygen atoms in total. The Hall–Kier alpha value is -0.575. The van der Waals surface area contributed by atoms with Crippen LogP contribution in [-0.4, -0.2) is 18.5 Å². The highest BCUT2D eigenvalue weighted by Gasteiger charge is 2.19. The van der Waals surface area contributed by atoms with Crippen molar-refractivity contribution in [2.24, 2.45) is 5.29 Å². The van der Waals surface area contributed by atoms with Gasteiger partial charge in [-0.05, 0) is 6.92 Å². The van der Waals surface area contributed by atoms with Gasteiger partial charge < -0.3 is 0 Å². The van der Waals surface area contributed by atoms with Crippen molar-refractivity contribution in [3.63, 3.8) is 0 Å². The molecule has 0 radical (unpaired) electrons. The van der Waals surface area contributed by atoms with Crippen LogP contribution in [0.3, 0.4) is 0 Å². The molecule has 0 aliphatic rings. The molecule has 0 N–H and O–H groups in total. The molecule has 0 aliphatic heterocycles. The van der Waals surface area contributed by atoms with Crippen LogP contribution < -0.4 is 0 Å². The first-order valence-corrected chi connectivity index (χ1v) is 4.05. The van der Waals surface area contributed by atoms with E-state index < -0.39 is 0 Å². The average molecular weight is 158 g/mol. The first-order valence-electron chi connectivity index (χ1n) is 4.05. The fourth-order valence-corrected chi connectivity index (χ4v) is 0.929. The first kappa shape index (κ1) is 10.4. The smallest absolute Gasteiger partial charge is 0.268 e. The molecule has 0 aliphatic carbocycles. The highest BCUT2D eigenvalue weighted by Crippen LogP contribution is 2.06. The molecule has 0 heterocycles. The van der Waals surface area contributed by atoms with Crippen LogP contribution in [-0.2, 0) is 4.84 Å². The Morgan fingerprint density at radius 2 is 1.91 bits per heavy atom. The monoisotopic (exact) mass is 158 g/mol. The summed E-state index contributed by atoms with van der Waals surface area (Å²) in [6, 6.07) is 0. The third-order valence-corrected chi connectivity index (χ3v) is 1.60. The van der Waals surface area contributed by atoms with Gasteiger partial charge in [-0.3, -0.25) is 4.84 Å². The van der Waals surface area contributed by atoms with E-state index in [0.717, 1.165) is 17.7 Å². The lowest BCUT2D eigenvalue weighted by Gasteiger charge is -2.19. The first-order chi connectivity index (χ1) is 5.29. The van der Waals surface area contributed by atoms with E-state index in [1.807, 2.05) is 20.8 Å². The molecule has 0 aromatic carbocycles. The molecule has 0 rings (SSSR count). The predicted molar refractivity (Wildman–Crippen MR) is 46.0 cm³/mol. The molecular weight excluding hydrogens is 143 g/mol. The fourth-order valence-electron chi connectivity index (χ4n) is 0.929. The Labute approximate surface area is 67.9 Å². The summed E-state index contributed by atoms with van der Waals surface area (Å²) in [5, 5.41) is 3.93. The molecule has 0 spiro atoms. The Morgan fingerprint density at radius 1 is 1.36 bits per heavy atom. The second kappa shape index (κ2) is 6.16. The van der Waals surface area contributed by atoms with Crippen molar-refractivity contribution in [1.29, 1.82) is 0 Å². The van der Waals surface area contributed by atoms with Gasteiger partial charge in [-0.15, -0.1) is 4.91 Å². The number of rotatable bonds is 6. The molecule has 0 aromatic rings. The minimum Gasteiger partial charge on any atom is -0.268 e. The van der Waals surface area contributed by atoms with Gasteiger partial charge in [0.1, 0.15) is 0 Å². The Morgan fingerprint density at radius 3 is 2.18 bits per heavy atom. The normalized spacial score (nSPS) is 9.36. The van der Waals surface area contributed by atoms with E-state index in [0.29, 0.717) is 6.61 Å². The van der Waals surface area contributed by atoms with Crippen molar-refractivity contribution in [3.05, 3.63) is 4.91 Å². The van der Waals surface area contributed by atoms with E-state index in [1.165, 1.54) is 0 Å². The highest BCUT2D eigenvalue weighted by atomic mass is 16.7. The van der Waals surface area contributed by atoms with Gasteiger partial charge in [0.05, 0.1) is 11.9 Å². The molecule has 0 atom stereocenters. The molecule has 0 amide bonds. The third-order valence-electron chi connectivity index (χ3n) is 1.60. The van der Waals surface area contributed by atoms with Gasteiger partial charge in [-0.2, -0.15) is 5.08 Å². The van der Waals surface area contributed by atoms with Gasteiger partial charge in [-0.1, -0.05) is 26.5 Å². The predicted octanol–water partition coefficient (Wildman–Crippen LogP) is 1.95. The zero-order chi connectivity index (χ0) is 8.69. The lowest BCUT2D eigenvalue weighted by Crippen LogP contribution is -2.33. The van der Waals surface area contributed by atoms with Crippen molar-refractivity contribution in [2.75, 3.05) is 6.61 Å². The summed E-state index contributed by atoms with van der Waals surface area (Å²) in [5.74, 6) is 0. The maximum Gasteiger partial charge on any atom is 0.320 e. The van der Waals surface area contributed by atoms with Crippen molar-refractivity contribution in [2.45, 2.75) is 33.4 Å². The van der Waals surface area contributed by atoms with Gasteiger partial charge in [0.2, 0.25) is 0 Å². The molecule has 0 bridgehead atoms. The summed E-state index contributed by atoms with van der Waals surface area (Å²) in [6.45, 7) is 6.45.